The maximum absolute atomic E-state index is 12.2. The number of aryl methyl sites for hydroxylation is 2. The zero-order valence-electron chi connectivity index (χ0n) is 15.7. The van der Waals surface area contributed by atoms with Crippen molar-refractivity contribution in [2.45, 2.75) is 27.2 Å². The highest BCUT2D eigenvalue weighted by Crippen LogP contribution is 2.36. The van der Waals surface area contributed by atoms with Crippen molar-refractivity contribution in [2.75, 3.05) is 19.0 Å². The highest BCUT2D eigenvalue weighted by molar-refractivity contribution is 6.32. The highest BCUT2D eigenvalue weighted by atomic mass is 35.5. The average molecular weight is 378 g/mol. The second-order valence-corrected chi connectivity index (χ2v) is 6.29. The largest absolute Gasteiger partial charge is 0.493 e. The molecule has 7 heteroatoms. The number of ether oxygens (including phenoxy) is 2. The van der Waals surface area contributed by atoms with Crippen LogP contribution in [0.3, 0.4) is 0 Å². The number of nitrogens with one attached hydrogen (secondary N) is 1. The Morgan fingerprint density at radius 3 is 2.69 bits per heavy atom. The van der Waals surface area contributed by atoms with Crippen LogP contribution in [-0.2, 0) is 11.8 Å². The summed E-state index contributed by atoms with van der Waals surface area (Å²) in [6.45, 7) is 6.39. The molecule has 1 aromatic carbocycles. The molecular formula is C19H24ClN3O3. The topological polar surface area (TPSA) is 65.4 Å². The summed E-state index contributed by atoms with van der Waals surface area (Å²) in [5.74, 6) is 1.47. The van der Waals surface area contributed by atoms with Crippen molar-refractivity contribution in [2.24, 2.45) is 7.05 Å². The maximum atomic E-state index is 12.2. The van der Waals surface area contributed by atoms with E-state index in [1.54, 1.807) is 37.0 Å². The van der Waals surface area contributed by atoms with E-state index in [1.165, 1.54) is 6.08 Å². The van der Waals surface area contributed by atoms with E-state index in [0.29, 0.717) is 28.9 Å². The lowest BCUT2D eigenvalue weighted by Crippen LogP contribution is -2.12. The van der Waals surface area contributed by atoms with E-state index in [1.807, 2.05) is 20.8 Å². The number of nitrogens with zero attached hydrogens (tertiary/aromatic N) is 2. The third-order valence-corrected chi connectivity index (χ3v) is 4.17. The van der Waals surface area contributed by atoms with Crippen LogP contribution in [0.15, 0.2) is 18.2 Å². The first-order valence-electron chi connectivity index (χ1n) is 8.37. The van der Waals surface area contributed by atoms with Gasteiger partial charge in [-0.1, -0.05) is 18.5 Å². The van der Waals surface area contributed by atoms with E-state index >= 15 is 0 Å². The molecule has 0 unspecified atom stereocenters. The molecule has 2 aromatic rings. The van der Waals surface area contributed by atoms with Crippen LogP contribution in [0, 0.1) is 13.8 Å². The first kappa shape index (κ1) is 19.8. The van der Waals surface area contributed by atoms with E-state index in [-0.39, 0.29) is 5.91 Å². The second kappa shape index (κ2) is 8.76. The molecule has 26 heavy (non-hydrogen) atoms. The molecule has 0 saturated heterocycles. The Morgan fingerprint density at radius 1 is 1.38 bits per heavy atom. The van der Waals surface area contributed by atoms with Gasteiger partial charge in [0.05, 0.1) is 24.4 Å². The van der Waals surface area contributed by atoms with Crippen molar-refractivity contribution in [1.82, 2.24) is 9.78 Å². The minimum Gasteiger partial charge on any atom is -0.493 e. The average Bonchev–Trinajstić information content (AvgIpc) is 2.84. The minimum atomic E-state index is -0.252. The summed E-state index contributed by atoms with van der Waals surface area (Å²) in [5, 5.41) is 7.56. The summed E-state index contributed by atoms with van der Waals surface area (Å²) in [6, 6.07) is 3.51. The van der Waals surface area contributed by atoms with Crippen molar-refractivity contribution in [3.63, 3.8) is 0 Å². The molecular weight excluding hydrogens is 354 g/mol. The van der Waals surface area contributed by atoms with Gasteiger partial charge in [0.25, 0.3) is 0 Å². The van der Waals surface area contributed by atoms with Crippen LogP contribution in [0.1, 0.15) is 30.2 Å². The lowest BCUT2D eigenvalue weighted by atomic mass is 10.2. The molecule has 0 atom stereocenters. The van der Waals surface area contributed by atoms with E-state index in [4.69, 9.17) is 21.1 Å². The molecule has 2 rings (SSSR count). The van der Waals surface area contributed by atoms with E-state index < -0.39 is 0 Å². The number of methoxy groups -OCH3 is 1. The summed E-state index contributed by atoms with van der Waals surface area (Å²) in [7, 11) is 3.34. The highest BCUT2D eigenvalue weighted by Gasteiger charge is 2.12. The monoisotopic (exact) mass is 377 g/mol. The van der Waals surface area contributed by atoms with Gasteiger partial charge < -0.3 is 14.8 Å². The van der Waals surface area contributed by atoms with Gasteiger partial charge in [0, 0.05) is 18.7 Å². The normalized spacial score (nSPS) is 11.0. The molecule has 0 aliphatic carbocycles. The predicted molar refractivity (Wildman–Crippen MR) is 104 cm³/mol. The van der Waals surface area contributed by atoms with E-state index in [2.05, 4.69) is 10.4 Å². The van der Waals surface area contributed by atoms with Gasteiger partial charge in [0.1, 0.15) is 5.82 Å². The molecule has 1 N–H and O–H groups in total. The molecule has 0 radical (unpaired) electrons. The number of benzene rings is 1. The Labute approximate surface area is 158 Å². The van der Waals surface area contributed by atoms with Gasteiger partial charge in [-0.2, -0.15) is 5.10 Å². The number of carbonyl (C=O) groups is 1. The summed E-state index contributed by atoms with van der Waals surface area (Å²) in [4.78, 5) is 12.2. The number of aromatic nitrogens is 2. The first-order chi connectivity index (χ1) is 12.4. The summed E-state index contributed by atoms with van der Waals surface area (Å²) in [6.07, 6.45) is 3.99. The number of halogens is 1. The molecule has 140 valence electrons. The van der Waals surface area contributed by atoms with Gasteiger partial charge >= 0.3 is 0 Å². The summed E-state index contributed by atoms with van der Waals surface area (Å²) >= 11 is 6.29. The van der Waals surface area contributed by atoms with Crippen LogP contribution >= 0.6 is 11.6 Å². The van der Waals surface area contributed by atoms with Gasteiger partial charge in [-0.25, -0.2) is 0 Å². The third kappa shape index (κ3) is 4.58. The molecule has 6 nitrogen and oxygen atoms in total. The molecule has 0 fully saturated rings. The smallest absolute Gasteiger partial charge is 0.249 e. The van der Waals surface area contributed by atoms with Gasteiger partial charge in [-0.05, 0) is 44.0 Å². The molecule has 0 aliphatic heterocycles. The van der Waals surface area contributed by atoms with Crippen molar-refractivity contribution >= 4 is 29.4 Å². The Hall–Kier alpha value is -2.47. The molecule has 0 saturated carbocycles. The lowest BCUT2D eigenvalue weighted by Gasteiger charge is -2.12. The van der Waals surface area contributed by atoms with Crippen LogP contribution in [0.2, 0.25) is 5.02 Å². The van der Waals surface area contributed by atoms with Crippen molar-refractivity contribution in [1.29, 1.82) is 0 Å². The van der Waals surface area contributed by atoms with Gasteiger partial charge in [-0.15, -0.1) is 0 Å². The SMILES string of the molecule is CCCOc1c(Cl)cc(/C=C/C(=O)Nc2c(C)c(C)nn2C)cc1OC. The van der Waals surface area contributed by atoms with Gasteiger partial charge in [-0.3, -0.25) is 9.48 Å². The summed E-state index contributed by atoms with van der Waals surface area (Å²) in [5.41, 5.74) is 2.56. The zero-order chi connectivity index (χ0) is 19.3. The van der Waals surface area contributed by atoms with E-state index in [0.717, 1.165) is 23.2 Å². The Balaban J connectivity index is 2.16. The molecule has 1 aromatic heterocycles. The first-order valence-corrected chi connectivity index (χ1v) is 8.74. The van der Waals surface area contributed by atoms with Crippen molar-refractivity contribution in [3.8, 4) is 11.5 Å². The fourth-order valence-corrected chi connectivity index (χ4v) is 2.72. The van der Waals surface area contributed by atoms with E-state index in [9.17, 15) is 4.79 Å². The van der Waals surface area contributed by atoms with Gasteiger partial charge in [0.15, 0.2) is 11.5 Å². The zero-order valence-corrected chi connectivity index (χ0v) is 16.5. The van der Waals surface area contributed by atoms with Gasteiger partial charge in [0.2, 0.25) is 5.91 Å². The lowest BCUT2D eigenvalue weighted by molar-refractivity contribution is -0.111. The number of hydrogen-bond acceptors (Lipinski definition) is 4. The molecule has 0 aliphatic rings. The van der Waals surface area contributed by atoms with Crippen molar-refractivity contribution in [3.05, 3.63) is 40.1 Å². The predicted octanol–water partition coefficient (Wildman–Crippen LogP) is 4.14. The number of amides is 1. The fourth-order valence-electron chi connectivity index (χ4n) is 2.45. The van der Waals surface area contributed by atoms with Crippen molar-refractivity contribution < 1.29 is 14.3 Å². The third-order valence-electron chi connectivity index (χ3n) is 3.89. The minimum absolute atomic E-state index is 0.252. The molecule has 1 heterocycles. The number of anilines is 1. The van der Waals surface area contributed by atoms with Crippen LogP contribution < -0.4 is 14.8 Å². The Kier molecular flexibility index (Phi) is 6.69. The molecule has 0 spiro atoms. The van der Waals surface area contributed by atoms with Crippen LogP contribution in [0.4, 0.5) is 5.82 Å². The quantitative estimate of drug-likeness (QED) is 0.736. The van der Waals surface area contributed by atoms with Crippen LogP contribution in [0.25, 0.3) is 6.08 Å². The number of rotatable bonds is 7. The second-order valence-electron chi connectivity index (χ2n) is 5.89. The van der Waals surface area contributed by atoms with Crippen LogP contribution in [0.5, 0.6) is 11.5 Å². The fraction of sp³-hybridized carbons (Fsp3) is 0.368. The van der Waals surface area contributed by atoms with Crippen LogP contribution in [-0.4, -0.2) is 29.4 Å². The molecule has 1 amide bonds. The maximum Gasteiger partial charge on any atom is 0.249 e. The Morgan fingerprint density at radius 2 is 2.12 bits per heavy atom. The number of carbonyl (C=O) groups excluding carboxylic acids is 1. The number of hydrogen-bond donors (Lipinski definition) is 1. The Bertz CT molecular complexity index is 828. The standard InChI is InChI=1S/C19H24ClN3O3/c1-6-9-26-18-15(20)10-14(11-16(18)25-5)7-8-17(24)21-19-12(2)13(3)22-23(19)4/h7-8,10-11H,6,9H2,1-5H3,(H,21,24)/b8-7+. The summed E-state index contributed by atoms with van der Waals surface area (Å²) < 4.78 is 12.6. The molecule has 0 bridgehead atoms.